The van der Waals surface area contributed by atoms with Crippen molar-refractivity contribution in [2.75, 3.05) is 0 Å². The number of nitrogens with one attached hydrogen (secondary N) is 2. The number of likely N-dealkylation sites (tertiary alicyclic amines) is 2. The van der Waals surface area contributed by atoms with Gasteiger partial charge in [0.2, 0.25) is 0 Å². The van der Waals surface area contributed by atoms with Crippen LogP contribution in [0, 0.1) is 64.6 Å². The first-order chi connectivity index (χ1) is 27.2. The number of hydrazine groups is 2. The van der Waals surface area contributed by atoms with Crippen molar-refractivity contribution in [3.05, 3.63) is 0 Å². The number of hydrogen-bond donors (Lipinski definition) is 2. The van der Waals surface area contributed by atoms with Crippen molar-refractivity contribution in [1.29, 1.82) is 5.26 Å². The molecule has 11 rings (SSSR count). The topological polar surface area (TPSA) is 57.6 Å². The van der Waals surface area contributed by atoms with Crippen LogP contribution in [0.2, 0.25) is 0 Å². The van der Waals surface area contributed by atoms with Gasteiger partial charge in [0.25, 0.3) is 0 Å². The largest absolute Gasteiger partial charge is 0.294 e. The van der Waals surface area contributed by atoms with Crippen LogP contribution < -0.4 is 11.0 Å². The van der Waals surface area contributed by atoms with Gasteiger partial charge in [0.15, 0.2) is 0 Å². The molecule has 6 nitrogen and oxygen atoms in total. The van der Waals surface area contributed by atoms with Crippen LogP contribution in [-0.2, 0) is 0 Å². The molecular formula is C49H80N6. The Morgan fingerprint density at radius 2 is 0.945 bits per heavy atom. The maximum Gasteiger partial charge on any atom is 0.0658 e. The first-order valence-corrected chi connectivity index (χ1v) is 25.5. The van der Waals surface area contributed by atoms with E-state index in [4.69, 9.17) is 0 Å². The van der Waals surface area contributed by atoms with E-state index in [0.29, 0.717) is 17.9 Å². The predicted octanol–water partition coefficient (Wildman–Crippen LogP) is 10.1. The van der Waals surface area contributed by atoms with E-state index in [1.165, 1.54) is 173 Å². The highest BCUT2D eigenvalue weighted by atomic mass is 15.7. The van der Waals surface area contributed by atoms with Gasteiger partial charge in [-0.3, -0.25) is 9.80 Å². The number of nitrogens with zero attached hydrogens (tertiary/aromatic N) is 4. The average molecular weight is 753 g/mol. The monoisotopic (exact) mass is 753 g/mol. The summed E-state index contributed by atoms with van der Waals surface area (Å²) >= 11 is 0. The lowest BCUT2D eigenvalue weighted by Gasteiger charge is -2.48. The zero-order valence-corrected chi connectivity index (χ0v) is 34.9. The fourth-order valence-electron chi connectivity index (χ4n) is 18.1. The number of rotatable bonds is 5. The number of nitriles is 1. The molecule has 11 fully saturated rings. The zero-order valence-electron chi connectivity index (χ0n) is 34.9. The standard InChI is InChI=1S/C49H80N6/c50-31-35-10-4-5-13-39(35)33-20-23-37(24-21-33)54-46-27-22-34(32-18-25-38(26-19-32)55-47-17-9-7-15-44(47)51-52-55)28-41(46)43-29-42-40-14-6-8-16-45(40)53(48(42)30-49(43)54)36-11-2-1-3-12-36/h32-49,51-52H,1-30H2. The van der Waals surface area contributed by atoms with Crippen molar-refractivity contribution >= 4 is 0 Å². The van der Waals surface area contributed by atoms with Gasteiger partial charge in [-0.05, 0) is 182 Å². The summed E-state index contributed by atoms with van der Waals surface area (Å²) < 4.78 is 0. The van der Waals surface area contributed by atoms with Crippen molar-refractivity contribution in [3.63, 3.8) is 0 Å². The molecule has 8 aliphatic carbocycles. The molecule has 0 aromatic rings. The van der Waals surface area contributed by atoms with Crippen LogP contribution in [0.4, 0.5) is 0 Å². The molecule has 0 aromatic heterocycles. The van der Waals surface area contributed by atoms with Crippen molar-refractivity contribution in [3.8, 4) is 6.07 Å². The minimum atomic E-state index is 0.348. The smallest absolute Gasteiger partial charge is 0.0658 e. The third kappa shape index (κ3) is 6.73. The molecule has 13 atom stereocenters. The Kier molecular flexibility index (Phi) is 10.9. The highest BCUT2D eigenvalue weighted by molar-refractivity contribution is 5.15. The molecule has 0 radical (unpaired) electrons. The van der Waals surface area contributed by atoms with Gasteiger partial charge in [-0.25, -0.2) is 10.4 Å². The van der Waals surface area contributed by atoms with Crippen molar-refractivity contribution in [2.24, 2.45) is 53.3 Å². The third-order valence-corrected chi connectivity index (χ3v) is 20.3. The van der Waals surface area contributed by atoms with Gasteiger partial charge in [-0.15, -0.1) is 0 Å². The van der Waals surface area contributed by atoms with E-state index in [-0.39, 0.29) is 0 Å². The molecule has 0 amide bonds. The highest BCUT2D eigenvalue weighted by Gasteiger charge is 2.62. The first kappa shape index (κ1) is 37.3. The Balaban J connectivity index is 0.821. The lowest BCUT2D eigenvalue weighted by Crippen LogP contribution is -2.54. The van der Waals surface area contributed by atoms with E-state index in [1.807, 2.05) is 0 Å². The van der Waals surface area contributed by atoms with Gasteiger partial charge in [0.1, 0.15) is 0 Å². The minimum absolute atomic E-state index is 0.348. The Bertz CT molecular complexity index is 1340. The molecule has 306 valence electrons. The lowest BCUT2D eigenvalue weighted by molar-refractivity contribution is 0.00449. The summed E-state index contributed by atoms with van der Waals surface area (Å²) in [5, 5.41) is 12.8. The second kappa shape index (κ2) is 16.0. The third-order valence-electron chi connectivity index (χ3n) is 20.3. The van der Waals surface area contributed by atoms with E-state index < -0.39 is 0 Å². The summed E-state index contributed by atoms with van der Waals surface area (Å²) in [7, 11) is 0. The molecule has 3 aliphatic heterocycles. The van der Waals surface area contributed by atoms with E-state index in [0.717, 1.165) is 89.8 Å². The number of hydrogen-bond acceptors (Lipinski definition) is 6. The van der Waals surface area contributed by atoms with Crippen LogP contribution in [0.25, 0.3) is 0 Å². The van der Waals surface area contributed by atoms with E-state index in [2.05, 4.69) is 31.8 Å². The average Bonchev–Trinajstić information content (AvgIpc) is 3.93. The molecule has 8 saturated carbocycles. The van der Waals surface area contributed by atoms with Crippen molar-refractivity contribution in [1.82, 2.24) is 25.8 Å². The minimum Gasteiger partial charge on any atom is -0.294 e. The van der Waals surface area contributed by atoms with Crippen LogP contribution in [0.3, 0.4) is 0 Å². The van der Waals surface area contributed by atoms with Crippen LogP contribution in [0.5, 0.6) is 0 Å². The maximum absolute atomic E-state index is 10.1. The Morgan fingerprint density at radius 3 is 1.73 bits per heavy atom. The molecule has 3 saturated heterocycles. The molecule has 13 unspecified atom stereocenters. The fraction of sp³-hybridized carbons (Fsp3) is 0.980. The Hall–Kier alpha value is -0.710. The molecule has 0 spiro atoms. The second-order valence-electron chi connectivity index (χ2n) is 22.4. The number of fused-ring (bicyclic) bond motifs is 7. The van der Waals surface area contributed by atoms with Crippen molar-refractivity contribution < 1.29 is 0 Å². The molecule has 3 heterocycles. The van der Waals surface area contributed by atoms with Crippen LogP contribution in [0.15, 0.2) is 0 Å². The lowest BCUT2D eigenvalue weighted by atomic mass is 9.62. The molecule has 2 N–H and O–H groups in total. The van der Waals surface area contributed by atoms with Crippen LogP contribution in [0.1, 0.15) is 193 Å². The molecule has 6 heteroatoms. The predicted molar refractivity (Wildman–Crippen MR) is 221 cm³/mol. The normalized spacial score (nSPS) is 51.4. The van der Waals surface area contributed by atoms with Crippen molar-refractivity contribution in [2.45, 2.75) is 247 Å². The summed E-state index contributed by atoms with van der Waals surface area (Å²) in [4.78, 5) is 6.68. The summed E-state index contributed by atoms with van der Waals surface area (Å²) in [5.74, 6) is 7.80. The summed E-state index contributed by atoms with van der Waals surface area (Å²) in [6.07, 6.45) is 43.6. The van der Waals surface area contributed by atoms with Crippen LogP contribution >= 0.6 is 0 Å². The van der Waals surface area contributed by atoms with Gasteiger partial charge in [0.05, 0.1) is 6.07 Å². The fourth-order valence-corrected chi connectivity index (χ4v) is 18.1. The quantitative estimate of drug-likeness (QED) is 0.292. The summed E-state index contributed by atoms with van der Waals surface area (Å²) in [6, 6.07) is 10.2. The second-order valence-corrected chi connectivity index (χ2v) is 22.4. The Labute approximate surface area is 336 Å². The van der Waals surface area contributed by atoms with E-state index >= 15 is 0 Å². The van der Waals surface area contributed by atoms with E-state index in [9.17, 15) is 5.26 Å². The van der Waals surface area contributed by atoms with Gasteiger partial charge in [-0.1, -0.05) is 57.8 Å². The SMILES string of the molecule is N#CC1CCCCC1C1CCC(N2C3CCC(C4CCC(N5NNC6CCCCC65)CC4)CC3C3CC4C5CCCCC5N(C5CCCCC5)C4CC32)CC1. The molecule has 0 aromatic carbocycles. The van der Waals surface area contributed by atoms with E-state index in [1.54, 1.807) is 19.3 Å². The first-order valence-electron chi connectivity index (χ1n) is 25.5. The van der Waals surface area contributed by atoms with Gasteiger partial charge < -0.3 is 0 Å². The Morgan fingerprint density at radius 1 is 0.382 bits per heavy atom. The molecule has 11 aliphatic rings. The zero-order chi connectivity index (χ0) is 36.5. The van der Waals surface area contributed by atoms with Gasteiger partial charge >= 0.3 is 0 Å². The highest BCUT2D eigenvalue weighted by Crippen LogP contribution is 2.60. The molecule has 55 heavy (non-hydrogen) atoms. The maximum atomic E-state index is 10.1. The van der Waals surface area contributed by atoms with Gasteiger partial charge in [0, 0.05) is 60.3 Å². The summed E-state index contributed by atoms with van der Waals surface area (Å²) in [6.45, 7) is 0. The molecular weight excluding hydrogens is 673 g/mol. The van der Waals surface area contributed by atoms with Gasteiger partial charge in [-0.2, -0.15) is 10.8 Å². The van der Waals surface area contributed by atoms with Crippen LogP contribution in [-0.4, -0.2) is 69.2 Å². The summed E-state index contributed by atoms with van der Waals surface area (Å²) in [5.41, 5.74) is 7.40. The molecule has 0 bridgehead atoms.